The van der Waals surface area contributed by atoms with Crippen LogP contribution in [0.3, 0.4) is 0 Å². The number of aliphatic hydroxyl groups excluding tert-OH is 1. The normalized spacial score (nSPS) is 11.3. The predicted octanol–water partition coefficient (Wildman–Crippen LogP) is 4.51. The number of aryl methyl sites for hydroxylation is 1. The van der Waals surface area contributed by atoms with Crippen LogP contribution in [0.4, 0.5) is 0 Å². The lowest BCUT2D eigenvalue weighted by Crippen LogP contribution is -2.11. The number of aromatic carboxylic acids is 1. The van der Waals surface area contributed by atoms with Crippen LogP contribution in [0.25, 0.3) is 6.08 Å². The number of aliphatic hydroxyl groups is 1. The molecule has 0 unspecified atom stereocenters. The summed E-state index contributed by atoms with van der Waals surface area (Å²) in [6, 6.07) is 13.6. The molecule has 0 fully saturated rings. The van der Waals surface area contributed by atoms with E-state index in [1.54, 1.807) is 30.3 Å². The number of hydrogen-bond donors (Lipinski definition) is 2. The van der Waals surface area contributed by atoms with Crippen LogP contribution in [0.2, 0.25) is 0 Å². The first-order valence-corrected chi connectivity index (χ1v) is 7.89. The minimum Gasteiger partial charge on any atom is -0.504 e. The lowest BCUT2D eigenvalue weighted by atomic mass is 9.97. The molecule has 0 atom stereocenters. The van der Waals surface area contributed by atoms with Crippen LogP contribution >= 0.6 is 0 Å². The van der Waals surface area contributed by atoms with Gasteiger partial charge in [-0.15, -0.1) is 0 Å². The molecule has 0 bridgehead atoms. The fourth-order valence-corrected chi connectivity index (χ4v) is 2.41. The Hall–Kier alpha value is -2.88. The standard InChI is InChI=1S/C20H20O4/c1-2-3-7-15-10-11-16(17(12-15)20(23)24)19(22)18(21)13-14-8-5-4-6-9-14/h4-6,8-13,21H,2-3,7H2,1H3,(H,23,24). The van der Waals surface area contributed by atoms with Crippen LogP contribution in [0.15, 0.2) is 54.3 Å². The first-order chi connectivity index (χ1) is 11.5. The van der Waals surface area contributed by atoms with Crippen molar-refractivity contribution in [3.63, 3.8) is 0 Å². The fourth-order valence-electron chi connectivity index (χ4n) is 2.41. The third kappa shape index (κ3) is 4.32. The zero-order chi connectivity index (χ0) is 17.5. The Morgan fingerprint density at radius 2 is 1.71 bits per heavy atom. The maximum absolute atomic E-state index is 12.4. The van der Waals surface area contributed by atoms with Crippen molar-refractivity contribution in [1.82, 2.24) is 0 Å². The number of hydrogen-bond acceptors (Lipinski definition) is 3. The molecular formula is C20H20O4. The highest BCUT2D eigenvalue weighted by atomic mass is 16.4. The van der Waals surface area contributed by atoms with Crippen LogP contribution in [0, 0.1) is 0 Å². The van der Waals surface area contributed by atoms with E-state index in [9.17, 15) is 19.8 Å². The number of carboxylic acid groups (broad SMARTS) is 1. The van der Waals surface area contributed by atoms with Crippen LogP contribution < -0.4 is 0 Å². The topological polar surface area (TPSA) is 74.6 Å². The summed E-state index contributed by atoms with van der Waals surface area (Å²) in [4.78, 5) is 23.9. The number of rotatable bonds is 7. The molecular weight excluding hydrogens is 304 g/mol. The van der Waals surface area contributed by atoms with Gasteiger partial charge < -0.3 is 10.2 Å². The molecule has 0 saturated heterocycles. The Labute approximate surface area is 141 Å². The molecule has 0 radical (unpaired) electrons. The van der Waals surface area contributed by atoms with Crippen LogP contribution in [-0.4, -0.2) is 22.0 Å². The molecule has 2 N–H and O–H groups in total. The first-order valence-electron chi connectivity index (χ1n) is 7.89. The van der Waals surface area contributed by atoms with Crippen LogP contribution in [-0.2, 0) is 6.42 Å². The summed E-state index contributed by atoms with van der Waals surface area (Å²) >= 11 is 0. The molecule has 2 rings (SSSR count). The molecule has 124 valence electrons. The Morgan fingerprint density at radius 3 is 2.33 bits per heavy atom. The van der Waals surface area contributed by atoms with Gasteiger partial charge in [-0.05, 0) is 42.2 Å². The average molecular weight is 324 g/mol. The summed E-state index contributed by atoms with van der Waals surface area (Å²) in [5.41, 5.74) is 1.45. The molecule has 0 aliphatic rings. The van der Waals surface area contributed by atoms with Gasteiger partial charge in [0.25, 0.3) is 0 Å². The highest BCUT2D eigenvalue weighted by Crippen LogP contribution is 2.18. The fraction of sp³-hybridized carbons (Fsp3) is 0.200. The van der Waals surface area contributed by atoms with E-state index >= 15 is 0 Å². The van der Waals surface area contributed by atoms with E-state index in [1.165, 1.54) is 18.2 Å². The van der Waals surface area contributed by atoms with Crippen molar-refractivity contribution >= 4 is 17.8 Å². The molecule has 0 aliphatic carbocycles. The summed E-state index contributed by atoms with van der Waals surface area (Å²) in [7, 11) is 0. The molecule has 4 heteroatoms. The van der Waals surface area contributed by atoms with Gasteiger partial charge >= 0.3 is 5.97 Å². The third-order valence-corrected chi connectivity index (χ3v) is 3.71. The quantitative estimate of drug-likeness (QED) is 0.446. The second-order valence-corrected chi connectivity index (χ2v) is 5.56. The molecule has 0 spiro atoms. The van der Waals surface area contributed by atoms with Gasteiger partial charge in [0.1, 0.15) is 0 Å². The van der Waals surface area contributed by atoms with Crippen LogP contribution in [0.5, 0.6) is 0 Å². The zero-order valence-corrected chi connectivity index (χ0v) is 13.5. The van der Waals surface area contributed by atoms with Crippen molar-refractivity contribution < 1.29 is 19.8 Å². The minimum atomic E-state index is -1.18. The van der Waals surface area contributed by atoms with Crippen molar-refractivity contribution in [3.8, 4) is 0 Å². The van der Waals surface area contributed by atoms with Crippen molar-refractivity contribution in [2.45, 2.75) is 26.2 Å². The monoisotopic (exact) mass is 324 g/mol. The maximum atomic E-state index is 12.4. The molecule has 4 nitrogen and oxygen atoms in total. The highest BCUT2D eigenvalue weighted by molar-refractivity contribution is 6.14. The van der Waals surface area contributed by atoms with Gasteiger partial charge in [-0.2, -0.15) is 0 Å². The largest absolute Gasteiger partial charge is 0.504 e. The number of Topliss-reactive ketones (excluding diaryl/α,β-unsaturated/α-hetero) is 1. The van der Waals surface area contributed by atoms with Gasteiger partial charge in [0, 0.05) is 5.56 Å². The maximum Gasteiger partial charge on any atom is 0.336 e. The SMILES string of the molecule is CCCCc1ccc(C(=O)C(O)=Cc2ccccc2)c(C(=O)O)c1. The number of ketones is 1. The Bertz CT molecular complexity index is 760. The lowest BCUT2D eigenvalue weighted by Gasteiger charge is -2.08. The van der Waals surface area contributed by atoms with Gasteiger partial charge in [0.2, 0.25) is 5.78 Å². The zero-order valence-electron chi connectivity index (χ0n) is 13.5. The van der Waals surface area contributed by atoms with Gasteiger partial charge in [-0.3, -0.25) is 4.79 Å². The van der Waals surface area contributed by atoms with Gasteiger partial charge in [-0.25, -0.2) is 4.79 Å². The van der Waals surface area contributed by atoms with Crippen molar-refractivity contribution in [2.75, 3.05) is 0 Å². The Morgan fingerprint density at radius 1 is 1.00 bits per heavy atom. The van der Waals surface area contributed by atoms with Gasteiger partial charge in [0.15, 0.2) is 5.76 Å². The highest BCUT2D eigenvalue weighted by Gasteiger charge is 2.20. The number of carbonyl (C=O) groups excluding carboxylic acids is 1. The van der Waals surface area contributed by atoms with Crippen molar-refractivity contribution in [3.05, 3.63) is 76.5 Å². The number of carboxylic acids is 1. The molecule has 0 amide bonds. The summed E-state index contributed by atoms with van der Waals surface area (Å²) in [5.74, 6) is -2.35. The van der Waals surface area contributed by atoms with Gasteiger partial charge in [-0.1, -0.05) is 49.7 Å². The molecule has 24 heavy (non-hydrogen) atoms. The van der Waals surface area contributed by atoms with Crippen molar-refractivity contribution in [1.29, 1.82) is 0 Å². The lowest BCUT2D eigenvalue weighted by molar-refractivity contribution is 0.0692. The molecule has 2 aromatic carbocycles. The van der Waals surface area contributed by atoms with E-state index in [-0.39, 0.29) is 11.1 Å². The van der Waals surface area contributed by atoms with E-state index in [0.717, 1.165) is 24.8 Å². The summed E-state index contributed by atoms with van der Waals surface area (Å²) < 4.78 is 0. The molecule has 0 saturated carbocycles. The number of benzene rings is 2. The smallest absolute Gasteiger partial charge is 0.336 e. The number of unbranched alkanes of at least 4 members (excludes halogenated alkanes) is 1. The summed E-state index contributed by atoms with van der Waals surface area (Å²) in [6.07, 6.45) is 4.05. The minimum absolute atomic E-state index is 0.00701. The van der Waals surface area contributed by atoms with E-state index in [2.05, 4.69) is 6.92 Å². The number of carbonyl (C=O) groups is 2. The average Bonchev–Trinajstić information content (AvgIpc) is 2.59. The van der Waals surface area contributed by atoms with E-state index in [4.69, 9.17) is 0 Å². The van der Waals surface area contributed by atoms with Crippen LogP contribution in [0.1, 0.15) is 51.6 Å². The Balaban J connectivity index is 2.34. The van der Waals surface area contributed by atoms with Gasteiger partial charge in [0.05, 0.1) is 5.56 Å². The second-order valence-electron chi connectivity index (χ2n) is 5.56. The first kappa shape index (κ1) is 17.5. The second kappa shape index (κ2) is 8.11. The van der Waals surface area contributed by atoms with E-state index in [0.29, 0.717) is 5.56 Å². The summed E-state index contributed by atoms with van der Waals surface area (Å²) in [5, 5.41) is 19.4. The van der Waals surface area contributed by atoms with E-state index in [1.807, 2.05) is 6.07 Å². The molecule has 0 aromatic heterocycles. The molecule has 0 heterocycles. The van der Waals surface area contributed by atoms with Crippen molar-refractivity contribution in [2.24, 2.45) is 0 Å². The summed E-state index contributed by atoms with van der Waals surface area (Å²) in [6.45, 7) is 2.06. The Kier molecular flexibility index (Phi) is 5.90. The molecule has 0 aliphatic heterocycles. The predicted molar refractivity (Wildman–Crippen MR) is 93.4 cm³/mol. The molecule has 2 aromatic rings. The third-order valence-electron chi connectivity index (χ3n) is 3.71. The van der Waals surface area contributed by atoms with E-state index < -0.39 is 17.5 Å². The number of allylic oxidation sites excluding steroid dienone is 1.